The number of nitrogens with one attached hydrogen (secondary N) is 2. The monoisotopic (exact) mass is 434 g/mol. The van der Waals surface area contributed by atoms with Crippen LogP contribution in [0.2, 0.25) is 0 Å². The van der Waals surface area contributed by atoms with E-state index < -0.39 is 11.9 Å². The van der Waals surface area contributed by atoms with Gasteiger partial charge in [0.1, 0.15) is 5.69 Å². The molecule has 1 heterocycles. The number of nitrogens with zero attached hydrogens (tertiary/aromatic N) is 1. The molecule has 6 nitrogen and oxygen atoms in total. The fourth-order valence-electron chi connectivity index (χ4n) is 7.06. The molecule has 4 aliphatic rings. The molecule has 6 rings (SSSR count). The summed E-state index contributed by atoms with van der Waals surface area (Å²) in [6, 6.07) is 9.49. The molecule has 4 saturated carbocycles. The van der Waals surface area contributed by atoms with Crippen molar-refractivity contribution in [2.45, 2.75) is 70.3 Å². The molecule has 0 saturated heterocycles. The second-order valence-electron chi connectivity index (χ2n) is 10.9. The number of fused-ring (bicyclic) bond motifs is 1. The van der Waals surface area contributed by atoms with Gasteiger partial charge < -0.3 is 5.73 Å². The lowest BCUT2D eigenvalue weighted by molar-refractivity contribution is -0.123. The standard InChI is InChI=1S/C26H34N4O2/c1-15(2)7-21(27)24(31)29-30-25(32)23-11-20(19-5-3-4-6-22(19)28-23)26-12-16-8-17(13-26)10-18(9-16)14-26/h3-6,11,15-18,21H,7-10,12-14,27H2,1-2H3,(H,29,31)(H,30,32)/t16?,17?,18?,21-,26?/m0/s1. The highest BCUT2D eigenvalue weighted by Crippen LogP contribution is 2.61. The number of nitrogens with two attached hydrogens (primary N) is 1. The predicted octanol–water partition coefficient (Wildman–Crippen LogP) is 3.84. The summed E-state index contributed by atoms with van der Waals surface area (Å²) < 4.78 is 0. The lowest BCUT2D eigenvalue weighted by atomic mass is 9.48. The van der Waals surface area contributed by atoms with E-state index in [0.29, 0.717) is 18.0 Å². The summed E-state index contributed by atoms with van der Waals surface area (Å²) in [5.41, 5.74) is 13.6. The summed E-state index contributed by atoms with van der Waals surface area (Å²) in [7, 11) is 0. The van der Waals surface area contributed by atoms with Gasteiger partial charge in [0.25, 0.3) is 11.8 Å². The van der Waals surface area contributed by atoms with Gasteiger partial charge in [0.15, 0.2) is 0 Å². The highest BCUT2D eigenvalue weighted by Gasteiger charge is 2.52. The number of aromatic nitrogens is 1. The normalized spacial score (nSPS) is 29.3. The zero-order chi connectivity index (χ0) is 22.5. The zero-order valence-corrected chi connectivity index (χ0v) is 19.1. The molecule has 0 unspecified atom stereocenters. The van der Waals surface area contributed by atoms with Crippen molar-refractivity contribution in [3.63, 3.8) is 0 Å². The van der Waals surface area contributed by atoms with Crippen LogP contribution < -0.4 is 16.6 Å². The predicted molar refractivity (Wildman–Crippen MR) is 125 cm³/mol. The van der Waals surface area contributed by atoms with Crippen LogP contribution in [0, 0.1) is 23.7 Å². The molecule has 2 amide bonds. The third-order valence-corrected chi connectivity index (χ3v) is 7.92. The van der Waals surface area contributed by atoms with Gasteiger partial charge in [0, 0.05) is 5.39 Å². The third-order valence-electron chi connectivity index (χ3n) is 7.92. The molecular formula is C26H34N4O2. The summed E-state index contributed by atoms with van der Waals surface area (Å²) in [6.45, 7) is 4.02. The van der Waals surface area contributed by atoms with E-state index in [0.717, 1.165) is 28.7 Å². The van der Waals surface area contributed by atoms with Crippen LogP contribution in [0.15, 0.2) is 30.3 Å². The van der Waals surface area contributed by atoms with Crippen LogP contribution in [0.5, 0.6) is 0 Å². The average molecular weight is 435 g/mol. The van der Waals surface area contributed by atoms with Gasteiger partial charge in [-0.3, -0.25) is 20.4 Å². The van der Waals surface area contributed by atoms with E-state index in [-0.39, 0.29) is 11.3 Å². The van der Waals surface area contributed by atoms with E-state index in [1.54, 1.807) is 0 Å². The molecule has 6 heteroatoms. The minimum atomic E-state index is -0.651. The molecule has 32 heavy (non-hydrogen) atoms. The van der Waals surface area contributed by atoms with Gasteiger partial charge in [0.05, 0.1) is 11.6 Å². The van der Waals surface area contributed by atoms with E-state index in [1.165, 1.54) is 44.1 Å². The van der Waals surface area contributed by atoms with Gasteiger partial charge in [-0.2, -0.15) is 0 Å². The quantitative estimate of drug-likeness (QED) is 0.623. The molecule has 0 spiro atoms. The fourth-order valence-corrected chi connectivity index (χ4v) is 7.06. The molecule has 0 radical (unpaired) electrons. The Bertz CT molecular complexity index is 1010. The first-order valence-corrected chi connectivity index (χ1v) is 12.1. The molecule has 4 N–H and O–H groups in total. The number of hydrogen-bond donors (Lipinski definition) is 3. The summed E-state index contributed by atoms with van der Waals surface area (Å²) >= 11 is 0. The smallest absolute Gasteiger partial charge is 0.288 e. The van der Waals surface area contributed by atoms with E-state index in [4.69, 9.17) is 5.73 Å². The SMILES string of the molecule is CC(C)C[C@H](N)C(=O)NNC(=O)c1cc(C23CC4CC(CC(C4)C2)C3)c2ccccc2n1. The van der Waals surface area contributed by atoms with Gasteiger partial charge in [0.2, 0.25) is 0 Å². The lowest BCUT2D eigenvalue weighted by Crippen LogP contribution is -2.50. The molecule has 1 aromatic heterocycles. The summed E-state index contributed by atoms with van der Waals surface area (Å²) in [6.07, 6.45) is 8.33. The van der Waals surface area contributed by atoms with Crippen molar-refractivity contribution >= 4 is 22.7 Å². The first kappa shape index (κ1) is 21.4. The number of carbonyl (C=O) groups is 2. The van der Waals surface area contributed by atoms with Crippen LogP contribution in [-0.2, 0) is 10.2 Å². The van der Waals surface area contributed by atoms with Crippen molar-refractivity contribution in [2.24, 2.45) is 29.4 Å². The first-order chi connectivity index (χ1) is 15.3. The average Bonchev–Trinajstić information content (AvgIpc) is 2.75. The second-order valence-corrected chi connectivity index (χ2v) is 10.9. The Morgan fingerprint density at radius 2 is 1.69 bits per heavy atom. The number of rotatable bonds is 5. The van der Waals surface area contributed by atoms with Crippen LogP contribution in [0.4, 0.5) is 0 Å². The van der Waals surface area contributed by atoms with E-state index in [2.05, 4.69) is 28.0 Å². The largest absolute Gasteiger partial charge is 0.320 e. The number of hydrogen-bond acceptors (Lipinski definition) is 4. The number of amides is 2. The molecule has 1 aromatic carbocycles. The Morgan fingerprint density at radius 1 is 1.06 bits per heavy atom. The zero-order valence-electron chi connectivity index (χ0n) is 19.1. The summed E-state index contributed by atoms with van der Waals surface area (Å²) in [5.74, 6) is 1.96. The van der Waals surface area contributed by atoms with Crippen LogP contribution in [-0.4, -0.2) is 22.8 Å². The van der Waals surface area contributed by atoms with Crippen molar-refractivity contribution in [3.05, 3.63) is 41.6 Å². The number of pyridine rings is 1. The van der Waals surface area contributed by atoms with E-state index in [9.17, 15) is 9.59 Å². The Kier molecular flexibility index (Phi) is 5.44. The van der Waals surface area contributed by atoms with E-state index >= 15 is 0 Å². The maximum Gasteiger partial charge on any atom is 0.288 e. The van der Waals surface area contributed by atoms with Gasteiger partial charge in [-0.05, 0) is 91.7 Å². The minimum absolute atomic E-state index is 0.148. The lowest BCUT2D eigenvalue weighted by Gasteiger charge is -2.57. The molecule has 0 aliphatic heterocycles. The third kappa shape index (κ3) is 3.90. The maximum atomic E-state index is 13.0. The number of hydrazine groups is 1. The summed E-state index contributed by atoms with van der Waals surface area (Å²) in [4.78, 5) is 29.9. The number of carbonyl (C=O) groups excluding carboxylic acids is 2. The Morgan fingerprint density at radius 3 is 2.31 bits per heavy atom. The van der Waals surface area contributed by atoms with E-state index in [1.807, 2.05) is 32.0 Å². The molecule has 170 valence electrons. The number of para-hydroxylation sites is 1. The van der Waals surface area contributed by atoms with Crippen LogP contribution >= 0.6 is 0 Å². The summed E-state index contributed by atoms with van der Waals surface area (Å²) in [5, 5.41) is 1.16. The van der Waals surface area contributed by atoms with Gasteiger partial charge in [-0.25, -0.2) is 4.98 Å². The van der Waals surface area contributed by atoms with Crippen molar-refractivity contribution in [1.82, 2.24) is 15.8 Å². The fraction of sp³-hybridized carbons (Fsp3) is 0.577. The van der Waals surface area contributed by atoms with Crippen molar-refractivity contribution in [3.8, 4) is 0 Å². The second kappa shape index (κ2) is 8.14. The molecule has 4 aliphatic carbocycles. The highest BCUT2D eigenvalue weighted by molar-refractivity contribution is 5.97. The van der Waals surface area contributed by atoms with Crippen LogP contribution in [0.1, 0.15) is 74.8 Å². The number of benzene rings is 1. The topological polar surface area (TPSA) is 97.1 Å². The van der Waals surface area contributed by atoms with Crippen molar-refractivity contribution < 1.29 is 9.59 Å². The highest BCUT2D eigenvalue weighted by atomic mass is 16.2. The first-order valence-electron chi connectivity index (χ1n) is 12.1. The van der Waals surface area contributed by atoms with Crippen molar-refractivity contribution in [2.75, 3.05) is 0 Å². The Hall–Kier alpha value is -2.47. The molecule has 4 fully saturated rings. The van der Waals surface area contributed by atoms with Crippen LogP contribution in [0.3, 0.4) is 0 Å². The van der Waals surface area contributed by atoms with Crippen molar-refractivity contribution in [1.29, 1.82) is 0 Å². The molecule has 1 atom stereocenters. The maximum absolute atomic E-state index is 13.0. The molecule has 4 bridgehead atoms. The van der Waals surface area contributed by atoms with Gasteiger partial charge >= 0.3 is 0 Å². The minimum Gasteiger partial charge on any atom is -0.320 e. The van der Waals surface area contributed by atoms with Gasteiger partial charge in [-0.1, -0.05) is 32.0 Å². The molecular weight excluding hydrogens is 400 g/mol. The Balaban J connectivity index is 1.43. The Labute approximate surface area is 189 Å². The molecule has 2 aromatic rings. The van der Waals surface area contributed by atoms with Gasteiger partial charge in [-0.15, -0.1) is 0 Å². The van der Waals surface area contributed by atoms with Crippen LogP contribution in [0.25, 0.3) is 10.9 Å².